The van der Waals surface area contributed by atoms with Gasteiger partial charge in [-0.1, -0.05) is 20.3 Å². The number of imide groups is 1. The SMILES string of the molecule is CC[C@H](C)[C@@H]1NC(=O)N(Cc2ccncc2)C1=O. The van der Waals surface area contributed by atoms with Crippen molar-refractivity contribution in [3.05, 3.63) is 30.1 Å². The van der Waals surface area contributed by atoms with E-state index < -0.39 is 0 Å². The highest BCUT2D eigenvalue weighted by Gasteiger charge is 2.40. The summed E-state index contributed by atoms with van der Waals surface area (Å²) < 4.78 is 0. The van der Waals surface area contributed by atoms with Crippen molar-refractivity contribution in [3.8, 4) is 0 Å². The van der Waals surface area contributed by atoms with Crippen LogP contribution in [-0.2, 0) is 11.3 Å². The quantitative estimate of drug-likeness (QED) is 0.821. The summed E-state index contributed by atoms with van der Waals surface area (Å²) in [7, 11) is 0. The van der Waals surface area contributed by atoms with Crippen molar-refractivity contribution in [2.24, 2.45) is 5.92 Å². The first-order chi connectivity index (χ1) is 8.63. The van der Waals surface area contributed by atoms with Crippen LogP contribution in [0.1, 0.15) is 25.8 Å². The number of nitrogens with one attached hydrogen (secondary N) is 1. The number of carbonyl (C=O) groups excluding carboxylic acids is 2. The Labute approximate surface area is 106 Å². The minimum absolute atomic E-state index is 0.133. The third-order valence-electron chi connectivity index (χ3n) is 3.36. The third-order valence-corrected chi connectivity index (χ3v) is 3.36. The Balaban J connectivity index is 2.10. The first-order valence-electron chi connectivity index (χ1n) is 6.14. The van der Waals surface area contributed by atoms with Crippen LogP contribution in [0.3, 0.4) is 0 Å². The van der Waals surface area contributed by atoms with Crippen molar-refractivity contribution in [2.45, 2.75) is 32.9 Å². The minimum atomic E-state index is -0.385. The van der Waals surface area contributed by atoms with Gasteiger partial charge in [0, 0.05) is 12.4 Å². The van der Waals surface area contributed by atoms with Crippen molar-refractivity contribution < 1.29 is 9.59 Å². The molecule has 18 heavy (non-hydrogen) atoms. The molecule has 0 aliphatic carbocycles. The largest absolute Gasteiger partial charge is 0.326 e. The summed E-state index contributed by atoms with van der Waals surface area (Å²) in [5, 5.41) is 2.75. The summed E-state index contributed by atoms with van der Waals surface area (Å²) >= 11 is 0. The molecule has 2 rings (SSSR count). The van der Waals surface area contributed by atoms with Crippen molar-refractivity contribution in [1.82, 2.24) is 15.2 Å². The van der Waals surface area contributed by atoms with Gasteiger partial charge in [0.1, 0.15) is 6.04 Å². The van der Waals surface area contributed by atoms with Gasteiger partial charge in [-0.05, 0) is 23.6 Å². The van der Waals surface area contributed by atoms with E-state index in [1.54, 1.807) is 24.5 Å². The second-order valence-corrected chi connectivity index (χ2v) is 4.59. The molecule has 0 saturated carbocycles. The lowest BCUT2D eigenvalue weighted by Gasteiger charge is -2.16. The molecule has 1 aromatic heterocycles. The molecule has 5 nitrogen and oxygen atoms in total. The molecule has 1 aliphatic heterocycles. The highest BCUT2D eigenvalue weighted by Crippen LogP contribution is 2.18. The summed E-state index contributed by atoms with van der Waals surface area (Å²) in [6.07, 6.45) is 4.17. The van der Waals surface area contributed by atoms with Crippen molar-refractivity contribution in [2.75, 3.05) is 0 Å². The maximum atomic E-state index is 12.1. The summed E-state index contributed by atoms with van der Waals surface area (Å²) in [4.78, 5) is 29.1. The molecule has 96 valence electrons. The van der Waals surface area contributed by atoms with Gasteiger partial charge in [0.15, 0.2) is 0 Å². The topological polar surface area (TPSA) is 62.3 Å². The molecule has 1 fully saturated rings. The van der Waals surface area contributed by atoms with Crippen LogP contribution in [0, 0.1) is 5.92 Å². The molecular weight excluding hydrogens is 230 g/mol. The molecule has 1 aromatic rings. The Morgan fingerprint density at radius 2 is 2.06 bits per heavy atom. The van der Waals surface area contributed by atoms with E-state index in [0.29, 0.717) is 6.54 Å². The second kappa shape index (κ2) is 5.16. The first-order valence-corrected chi connectivity index (χ1v) is 6.14. The van der Waals surface area contributed by atoms with Gasteiger partial charge in [-0.2, -0.15) is 0 Å². The Kier molecular flexibility index (Phi) is 3.60. The molecule has 1 N–H and O–H groups in total. The zero-order valence-corrected chi connectivity index (χ0v) is 10.6. The lowest BCUT2D eigenvalue weighted by molar-refractivity contribution is -0.128. The second-order valence-electron chi connectivity index (χ2n) is 4.59. The van der Waals surface area contributed by atoms with Gasteiger partial charge >= 0.3 is 6.03 Å². The average molecular weight is 247 g/mol. The van der Waals surface area contributed by atoms with E-state index in [4.69, 9.17) is 0 Å². The monoisotopic (exact) mass is 247 g/mol. The molecule has 1 saturated heterocycles. The molecule has 0 unspecified atom stereocenters. The predicted octanol–water partition coefficient (Wildman–Crippen LogP) is 1.55. The van der Waals surface area contributed by atoms with Gasteiger partial charge < -0.3 is 5.32 Å². The van der Waals surface area contributed by atoms with Crippen LogP contribution in [-0.4, -0.2) is 27.9 Å². The van der Waals surface area contributed by atoms with E-state index in [-0.39, 0.29) is 23.9 Å². The van der Waals surface area contributed by atoms with Gasteiger partial charge in [-0.3, -0.25) is 14.7 Å². The van der Waals surface area contributed by atoms with E-state index in [0.717, 1.165) is 12.0 Å². The van der Waals surface area contributed by atoms with Gasteiger partial charge in [-0.15, -0.1) is 0 Å². The van der Waals surface area contributed by atoms with Crippen molar-refractivity contribution >= 4 is 11.9 Å². The maximum Gasteiger partial charge on any atom is 0.325 e. The molecule has 0 aromatic carbocycles. The number of rotatable bonds is 4. The van der Waals surface area contributed by atoms with E-state index >= 15 is 0 Å². The number of carbonyl (C=O) groups is 2. The zero-order chi connectivity index (χ0) is 13.1. The van der Waals surface area contributed by atoms with Crippen LogP contribution >= 0.6 is 0 Å². The van der Waals surface area contributed by atoms with Crippen LogP contribution in [0.2, 0.25) is 0 Å². The Morgan fingerprint density at radius 3 is 2.67 bits per heavy atom. The molecule has 5 heteroatoms. The van der Waals surface area contributed by atoms with E-state index in [1.165, 1.54) is 4.90 Å². The number of hydrogen-bond acceptors (Lipinski definition) is 3. The number of hydrogen-bond donors (Lipinski definition) is 1. The van der Waals surface area contributed by atoms with Crippen LogP contribution in [0.4, 0.5) is 4.79 Å². The molecule has 1 aliphatic rings. The Bertz CT molecular complexity index is 447. The highest BCUT2D eigenvalue weighted by atomic mass is 16.2. The van der Waals surface area contributed by atoms with Gasteiger partial charge in [0.2, 0.25) is 0 Å². The zero-order valence-electron chi connectivity index (χ0n) is 10.6. The van der Waals surface area contributed by atoms with Crippen LogP contribution < -0.4 is 5.32 Å². The van der Waals surface area contributed by atoms with Gasteiger partial charge in [0.05, 0.1) is 6.54 Å². The summed E-state index contributed by atoms with van der Waals surface area (Å²) in [5.41, 5.74) is 0.901. The average Bonchev–Trinajstić information content (AvgIpc) is 2.67. The highest BCUT2D eigenvalue weighted by molar-refractivity contribution is 6.04. The fourth-order valence-corrected chi connectivity index (χ4v) is 1.98. The maximum absolute atomic E-state index is 12.1. The van der Waals surface area contributed by atoms with Crippen LogP contribution in [0.15, 0.2) is 24.5 Å². The molecule has 2 heterocycles. The fraction of sp³-hybridized carbons (Fsp3) is 0.462. The molecule has 0 radical (unpaired) electrons. The molecule has 0 spiro atoms. The summed E-state index contributed by atoms with van der Waals surface area (Å²) in [6.45, 7) is 4.29. The number of urea groups is 1. The normalized spacial score (nSPS) is 21.0. The van der Waals surface area contributed by atoms with Crippen LogP contribution in [0.25, 0.3) is 0 Å². The number of nitrogens with zero attached hydrogens (tertiary/aromatic N) is 2. The molecule has 2 atom stereocenters. The first kappa shape index (κ1) is 12.5. The van der Waals surface area contributed by atoms with Crippen LogP contribution in [0.5, 0.6) is 0 Å². The Hall–Kier alpha value is -1.91. The van der Waals surface area contributed by atoms with E-state index in [2.05, 4.69) is 10.3 Å². The van der Waals surface area contributed by atoms with E-state index in [1.807, 2.05) is 13.8 Å². The standard InChI is InChI=1S/C13H17N3O2/c1-3-9(2)11-12(17)16(13(18)15-11)8-10-4-6-14-7-5-10/h4-7,9,11H,3,8H2,1-2H3,(H,15,18)/t9-,11-/m0/s1. The summed E-state index contributed by atoms with van der Waals surface area (Å²) in [6, 6.07) is 2.92. The molecular formula is C13H17N3O2. The lowest BCUT2D eigenvalue weighted by Crippen LogP contribution is -2.35. The molecule has 0 bridgehead atoms. The lowest BCUT2D eigenvalue weighted by atomic mass is 9.99. The fourth-order valence-electron chi connectivity index (χ4n) is 1.98. The third kappa shape index (κ3) is 2.34. The molecule has 3 amide bonds. The van der Waals surface area contributed by atoms with Crippen molar-refractivity contribution in [1.29, 1.82) is 0 Å². The smallest absolute Gasteiger partial charge is 0.325 e. The van der Waals surface area contributed by atoms with Crippen molar-refractivity contribution in [3.63, 3.8) is 0 Å². The summed E-state index contributed by atoms with van der Waals surface area (Å²) in [5.74, 6) is 0.0232. The minimum Gasteiger partial charge on any atom is -0.326 e. The number of aromatic nitrogens is 1. The van der Waals surface area contributed by atoms with Gasteiger partial charge in [-0.25, -0.2) is 4.79 Å². The Morgan fingerprint density at radius 1 is 1.39 bits per heavy atom. The van der Waals surface area contributed by atoms with Gasteiger partial charge in [0.25, 0.3) is 5.91 Å². The number of amides is 3. The number of pyridine rings is 1. The predicted molar refractivity (Wildman–Crippen MR) is 66.6 cm³/mol. The van der Waals surface area contributed by atoms with E-state index in [9.17, 15) is 9.59 Å².